The Bertz CT molecular complexity index is 662. The molecule has 4 nitrogen and oxygen atoms in total. The van der Waals surface area contributed by atoms with E-state index in [-0.39, 0.29) is 6.04 Å². The third-order valence-corrected chi connectivity index (χ3v) is 3.24. The van der Waals surface area contributed by atoms with Crippen LogP contribution in [-0.4, -0.2) is 14.5 Å². The van der Waals surface area contributed by atoms with E-state index >= 15 is 0 Å². The van der Waals surface area contributed by atoms with Gasteiger partial charge in [-0.2, -0.15) is 0 Å². The summed E-state index contributed by atoms with van der Waals surface area (Å²) in [4.78, 5) is 8.27. The summed E-state index contributed by atoms with van der Waals surface area (Å²) >= 11 is 0. The number of aromatic nitrogens is 3. The lowest BCUT2D eigenvalue weighted by Gasteiger charge is -2.18. The van der Waals surface area contributed by atoms with Crippen molar-refractivity contribution in [2.75, 3.05) is 5.32 Å². The Labute approximate surface area is 118 Å². The van der Waals surface area contributed by atoms with Gasteiger partial charge in [-0.3, -0.25) is 4.98 Å². The van der Waals surface area contributed by atoms with Gasteiger partial charge in [0.1, 0.15) is 0 Å². The Kier molecular flexibility index (Phi) is 3.46. The molecule has 3 rings (SSSR count). The molecule has 0 fully saturated rings. The van der Waals surface area contributed by atoms with Crippen LogP contribution >= 0.6 is 0 Å². The van der Waals surface area contributed by atoms with Gasteiger partial charge in [0.05, 0.1) is 23.7 Å². The van der Waals surface area contributed by atoms with Gasteiger partial charge < -0.3 is 9.88 Å². The van der Waals surface area contributed by atoms with Crippen LogP contribution in [0, 0.1) is 0 Å². The molecule has 0 bridgehead atoms. The molecule has 2 aromatic heterocycles. The number of hydrogen-bond donors (Lipinski definition) is 1. The summed E-state index contributed by atoms with van der Waals surface area (Å²) < 4.78 is 2.00. The first-order chi connectivity index (χ1) is 9.84. The van der Waals surface area contributed by atoms with E-state index in [2.05, 4.69) is 40.4 Å². The van der Waals surface area contributed by atoms with E-state index in [0.29, 0.717) is 0 Å². The molecule has 0 aliphatic rings. The Morgan fingerprint density at radius 1 is 1.05 bits per heavy atom. The lowest BCUT2D eigenvalue weighted by atomic mass is 10.1. The molecule has 4 heteroatoms. The fraction of sp³-hybridized carbons (Fsp3) is 0.125. The van der Waals surface area contributed by atoms with Crippen LogP contribution in [0.15, 0.2) is 67.5 Å². The smallest absolute Gasteiger partial charge is 0.0992 e. The number of nitrogens with one attached hydrogen (secondary N) is 1. The van der Waals surface area contributed by atoms with E-state index in [9.17, 15) is 0 Å². The summed E-state index contributed by atoms with van der Waals surface area (Å²) in [6.07, 6.45) is 9.19. The largest absolute Gasteiger partial charge is 0.377 e. The zero-order valence-corrected chi connectivity index (χ0v) is 11.3. The molecule has 2 heterocycles. The number of para-hydroxylation sites is 2. The standard InChI is InChI=1S/C16H16N4/c1-13(14-5-4-8-17-11-14)19-15-6-2-3-7-16(15)20-10-9-18-12-20/h2-13,19H,1H3. The van der Waals surface area contributed by atoms with Crippen LogP contribution in [0.2, 0.25) is 0 Å². The first-order valence-corrected chi connectivity index (χ1v) is 6.58. The molecule has 0 aliphatic carbocycles. The number of benzene rings is 1. The minimum atomic E-state index is 0.188. The van der Waals surface area contributed by atoms with Crippen molar-refractivity contribution in [3.8, 4) is 5.69 Å². The van der Waals surface area contributed by atoms with Crippen LogP contribution in [0.5, 0.6) is 0 Å². The number of nitrogens with zero attached hydrogens (tertiary/aromatic N) is 3. The van der Waals surface area contributed by atoms with E-state index in [4.69, 9.17) is 0 Å². The first-order valence-electron chi connectivity index (χ1n) is 6.58. The molecule has 100 valence electrons. The highest BCUT2D eigenvalue weighted by Gasteiger charge is 2.08. The zero-order chi connectivity index (χ0) is 13.8. The highest BCUT2D eigenvalue weighted by atomic mass is 15.1. The molecule has 3 aromatic rings. The third kappa shape index (κ3) is 2.54. The molecule has 0 amide bonds. The van der Waals surface area contributed by atoms with Crippen molar-refractivity contribution < 1.29 is 0 Å². The third-order valence-electron chi connectivity index (χ3n) is 3.24. The van der Waals surface area contributed by atoms with Crippen molar-refractivity contribution in [1.82, 2.24) is 14.5 Å². The molecule has 0 spiro atoms. The molecule has 0 saturated carbocycles. The summed E-state index contributed by atoms with van der Waals surface area (Å²) in [7, 11) is 0. The average molecular weight is 264 g/mol. The number of hydrogen-bond acceptors (Lipinski definition) is 3. The van der Waals surface area contributed by atoms with Gasteiger partial charge in [-0.15, -0.1) is 0 Å². The Morgan fingerprint density at radius 2 is 1.95 bits per heavy atom. The molecule has 20 heavy (non-hydrogen) atoms. The number of pyridine rings is 1. The van der Waals surface area contributed by atoms with Crippen molar-refractivity contribution in [3.63, 3.8) is 0 Å². The van der Waals surface area contributed by atoms with Crippen LogP contribution in [0.25, 0.3) is 5.69 Å². The number of imidazole rings is 1. The molecule has 1 N–H and O–H groups in total. The van der Waals surface area contributed by atoms with Crippen molar-refractivity contribution in [2.24, 2.45) is 0 Å². The van der Waals surface area contributed by atoms with Crippen molar-refractivity contribution in [2.45, 2.75) is 13.0 Å². The minimum absolute atomic E-state index is 0.188. The molecule has 0 radical (unpaired) electrons. The Balaban J connectivity index is 1.88. The van der Waals surface area contributed by atoms with Crippen LogP contribution in [0.1, 0.15) is 18.5 Å². The fourth-order valence-electron chi connectivity index (χ4n) is 2.17. The molecule has 0 aliphatic heterocycles. The van der Waals surface area contributed by atoms with Crippen molar-refractivity contribution in [3.05, 3.63) is 73.1 Å². The second-order valence-electron chi connectivity index (χ2n) is 4.64. The maximum atomic E-state index is 4.16. The summed E-state index contributed by atoms with van der Waals surface area (Å²) in [6, 6.07) is 12.4. The molecule has 1 unspecified atom stereocenters. The minimum Gasteiger partial charge on any atom is -0.377 e. The van der Waals surface area contributed by atoms with Crippen LogP contribution < -0.4 is 5.32 Å². The predicted octanol–water partition coefficient (Wildman–Crippen LogP) is 3.44. The average Bonchev–Trinajstić information content (AvgIpc) is 3.03. The molecule has 0 saturated heterocycles. The van der Waals surface area contributed by atoms with Gasteiger partial charge in [0, 0.05) is 24.8 Å². The zero-order valence-electron chi connectivity index (χ0n) is 11.3. The van der Waals surface area contributed by atoms with Gasteiger partial charge in [-0.05, 0) is 30.7 Å². The predicted molar refractivity (Wildman–Crippen MR) is 79.8 cm³/mol. The highest BCUT2D eigenvalue weighted by Crippen LogP contribution is 2.24. The van der Waals surface area contributed by atoms with Gasteiger partial charge in [-0.25, -0.2) is 4.98 Å². The monoisotopic (exact) mass is 264 g/mol. The lowest BCUT2D eigenvalue weighted by molar-refractivity contribution is 0.871. The van der Waals surface area contributed by atoms with Crippen LogP contribution in [0.4, 0.5) is 5.69 Å². The fourth-order valence-corrected chi connectivity index (χ4v) is 2.17. The number of rotatable bonds is 4. The van der Waals surface area contributed by atoms with Gasteiger partial charge in [0.25, 0.3) is 0 Å². The van der Waals surface area contributed by atoms with E-state index in [1.165, 1.54) is 0 Å². The van der Waals surface area contributed by atoms with Gasteiger partial charge in [0.15, 0.2) is 0 Å². The van der Waals surface area contributed by atoms with Gasteiger partial charge >= 0.3 is 0 Å². The molecular formula is C16H16N4. The van der Waals surface area contributed by atoms with E-state index in [1.807, 2.05) is 35.2 Å². The summed E-state index contributed by atoms with van der Waals surface area (Å²) in [5.74, 6) is 0. The lowest BCUT2D eigenvalue weighted by Crippen LogP contribution is -2.09. The maximum absolute atomic E-state index is 4.16. The summed E-state index contributed by atoms with van der Waals surface area (Å²) in [6.45, 7) is 2.13. The SMILES string of the molecule is CC(Nc1ccccc1-n1ccnc1)c1cccnc1. The number of anilines is 1. The van der Waals surface area contributed by atoms with Crippen LogP contribution in [-0.2, 0) is 0 Å². The van der Waals surface area contributed by atoms with E-state index in [1.54, 1.807) is 18.7 Å². The Hall–Kier alpha value is -2.62. The van der Waals surface area contributed by atoms with Gasteiger partial charge in [-0.1, -0.05) is 18.2 Å². The Morgan fingerprint density at radius 3 is 2.70 bits per heavy atom. The molecular weight excluding hydrogens is 248 g/mol. The topological polar surface area (TPSA) is 42.7 Å². The van der Waals surface area contributed by atoms with Gasteiger partial charge in [0.2, 0.25) is 0 Å². The van der Waals surface area contributed by atoms with E-state index in [0.717, 1.165) is 16.9 Å². The second kappa shape index (κ2) is 5.57. The van der Waals surface area contributed by atoms with E-state index < -0.39 is 0 Å². The summed E-state index contributed by atoms with van der Waals surface area (Å²) in [5, 5.41) is 3.53. The molecule has 1 atom stereocenters. The normalized spacial score (nSPS) is 12.1. The van der Waals surface area contributed by atoms with Crippen molar-refractivity contribution >= 4 is 5.69 Å². The molecule has 1 aromatic carbocycles. The maximum Gasteiger partial charge on any atom is 0.0992 e. The quantitative estimate of drug-likeness (QED) is 0.785. The van der Waals surface area contributed by atoms with Crippen LogP contribution in [0.3, 0.4) is 0 Å². The highest BCUT2D eigenvalue weighted by molar-refractivity contribution is 5.61. The first kappa shape index (κ1) is 12.4. The van der Waals surface area contributed by atoms with Crippen molar-refractivity contribution in [1.29, 1.82) is 0 Å². The second-order valence-corrected chi connectivity index (χ2v) is 4.64. The summed E-state index contributed by atoms with van der Waals surface area (Å²) in [5.41, 5.74) is 3.32.